The molecule has 0 atom stereocenters. The van der Waals surface area contributed by atoms with Gasteiger partial charge in [0, 0.05) is 22.3 Å². The van der Waals surface area contributed by atoms with Crippen molar-refractivity contribution in [1.82, 2.24) is 34.9 Å². The Morgan fingerprint density at radius 2 is 0.476 bits per heavy atom. The van der Waals surface area contributed by atoms with Gasteiger partial charge in [-0.05, 0) is 12.1 Å². The van der Waals surface area contributed by atoms with Crippen LogP contribution >= 0.6 is 0 Å². The summed E-state index contributed by atoms with van der Waals surface area (Å²) in [5.74, 6) is 3.22. The van der Waals surface area contributed by atoms with Gasteiger partial charge >= 0.3 is 0 Å². The molecule has 0 bridgehead atoms. The van der Waals surface area contributed by atoms with E-state index in [1.165, 1.54) is 0 Å². The van der Waals surface area contributed by atoms with Gasteiger partial charge in [0.1, 0.15) is 11.4 Å². The van der Waals surface area contributed by atoms with Crippen LogP contribution in [0.2, 0.25) is 0 Å². The van der Waals surface area contributed by atoms with Gasteiger partial charge < -0.3 is 0 Å². The van der Waals surface area contributed by atoms with Crippen molar-refractivity contribution in [3.63, 3.8) is 0 Å². The number of aromatic nitrogens is 7. The van der Waals surface area contributed by atoms with E-state index in [-0.39, 0.29) is 0 Å². The fraction of sp³-hybridized carbons (Fsp3) is 0. The summed E-state index contributed by atoms with van der Waals surface area (Å²) in [7, 11) is 0. The van der Waals surface area contributed by atoms with Crippen LogP contribution in [0.1, 0.15) is 0 Å². The van der Waals surface area contributed by atoms with E-state index in [2.05, 4.69) is 0 Å². The summed E-state index contributed by atoms with van der Waals surface area (Å²) in [6.07, 6.45) is 0. The van der Waals surface area contributed by atoms with Crippen molar-refractivity contribution < 1.29 is 0 Å². The van der Waals surface area contributed by atoms with Gasteiger partial charge in [0.15, 0.2) is 34.9 Å². The number of pyridine rings is 1. The molecule has 198 valence electrons. The monoisotopic (exact) mass is 541 g/mol. The quantitative estimate of drug-likeness (QED) is 0.216. The minimum Gasteiger partial charge on any atom is -0.241 e. The van der Waals surface area contributed by atoms with Crippen LogP contribution in [0.3, 0.4) is 0 Å². The van der Waals surface area contributed by atoms with Gasteiger partial charge in [-0.25, -0.2) is 34.9 Å². The van der Waals surface area contributed by atoms with Gasteiger partial charge in [0.05, 0.1) is 0 Å². The summed E-state index contributed by atoms with van der Waals surface area (Å²) < 4.78 is 0. The zero-order valence-electron chi connectivity index (χ0n) is 22.4. The van der Waals surface area contributed by atoms with Crippen LogP contribution in [0.5, 0.6) is 0 Å². The van der Waals surface area contributed by atoms with Crippen molar-refractivity contribution in [3.8, 4) is 68.6 Å². The van der Waals surface area contributed by atoms with Crippen LogP contribution in [0, 0.1) is 0 Å². The number of hydrogen-bond acceptors (Lipinski definition) is 7. The Morgan fingerprint density at radius 1 is 0.214 bits per heavy atom. The third-order valence-corrected chi connectivity index (χ3v) is 6.61. The lowest BCUT2D eigenvalue weighted by Crippen LogP contribution is -2.03. The molecule has 42 heavy (non-hydrogen) atoms. The summed E-state index contributed by atoms with van der Waals surface area (Å²) in [4.78, 5) is 33.8. The Hall–Kier alpha value is -5.95. The average molecular weight is 542 g/mol. The molecular weight excluding hydrogens is 518 g/mol. The molecule has 0 saturated carbocycles. The highest BCUT2D eigenvalue weighted by molar-refractivity contribution is 5.68. The average Bonchev–Trinajstić information content (AvgIpc) is 3.09. The smallest absolute Gasteiger partial charge is 0.182 e. The van der Waals surface area contributed by atoms with Crippen LogP contribution < -0.4 is 0 Å². The second kappa shape index (κ2) is 11.3. The summed E-state index contributed by atoms with van der Waals surface area (Å²) in [5.41, 5.74) is 4.76. The highest BCUT2D eigenvalue weighted by Crippen LogP contribution is 2.27. The maximum Gasteiger partial charge on any atom is 0.182 e. The van der Waals surface area contributed by atoms with E-state index >= 15 is 0 Å². The molecule has 0 aliphatic carbocycles. The molecule has 3 aromatic heterocycles. The van der Waals surface area contributed by atoms with Crippen molar-refractivity contribution >= 4 is 0 Å². The normalized spacial score (nSPS) is 10.9. The SMILES string of the molecule is c1ccc(-c2nc(-c3ccccc3)nc(-c3cccc(-c4nc(-c5ccccc5)nc(-c5ccccc5)n4)n3)n2)cc1. The first-order valence-electron chi connectivity index (χ1n) is 13.5. The van der Waals surface area contributed by atoms with Crippen LogP contribution in [-0.4, -0.2) is 34.9 Å². The number of nitrogens with zero attached hydrogens (tertiary/aromatic N) is 7. The molecular formula is C35H23N7. The minimum absolute atomic E-state index is 0.463. The van der Waals surface area contributed by atoms with Gasteiger partial charge in [-0.15, -0.1) is 0 Å². The molecule has 0 aliphatic heterocycles. The van der Waals surface area contributed by atoms with E-state index in [0.717, 1.165) is 22.3 Å². The summed E-state index contributed by atoms with van der Waals surface area (Å²) >= 11 is 0. The summed E-state index contributed by atoms with van der Waals surface area (Å²) in [6, 6.07) is 45.2. The van der Waals surface area contributed by atoms with E-state index in [0.29, 0.717) is 46.3 Å². The van der Waals surface area contributed by atoms with Crippen molar-refractivity contribution in [3.05, 3.63) is 140 Å². The fourth-order valence-corrected chi connectivity index (χ4v) is 4.53. The second-order valence-electron chi connectivity index (χ2n) is 9.48. The molecule has 7 aromatic rings. The lowest BCUT2D eigenvalue weighted by Gasteiger charge is -2.10. The first-order valence-corrected chi connectivity index (χ1v) is 13.5. The second-order valence-corrected chi connectivity index (χ2v) is 9.48. The van der Waals surface area contributed by atoms with E-state index in [1.807, 2.05) is 140 Å². The largest absolute Gasteiger partial charge is 0.241 e. The highest BCUT2D eigenvalue weighted by Gasteiger charge is 2.16. The van der Waals surface area contributed by atoms with Crippen molar-refractivity contribution in [2.45, 2.75) is 0 Å². The van der Waals surface area contributed by atoms with E-state index in [9.17, 15) is 0 Å². The van der Waals surface area contributed by atoms with Crippen molar-refractivity contribution in [1.29, 1.82) is 0 Å². The standard InChI is InChI=1S/C35H23N7/c1-5-14-24(15-6-1)30-37-31(25-16-7-2-8-17-25)40-34(39-30)28-22-13-23-29(36-28)35-41-32(26-18-9-3-10-19-26)38-33(42-35)27-20-11-4-12-21-27/h1-23H. The molecule has 0 spiro atoms. The lowest BCUT2D eigenvalue weighted by molar-refractivity contribution is 1.04. The first-order chi connectivity index (χ1) is 20.8. The van der Waals surface area contributed by atoms with Crippen molar-refractivity contribution in [2.24, 2.45) is 0 Å². The molecule has 0 saturated heterocycles. The van der Waals surface area contributed by atoms with Gasteiger partial charge in [-0.3, -0.25) is 0 Å². The molecule has 0 fully saturated rings. The van der Waals surface area contributed by atoms with Gasteiger partial charge in [0.2, 0.25) is 0 Å². The molecule has 4 aromatic carbocycles. The Kier molecular flexibility index (Phi) is 6.72. The van der Waals surface area contributed by atoms with E-state index in [4.69, 9.17) is 34.9 Å². The molecule has 0 radical (unpaired) electrons. The molecule has 7 heteroatoms. The van der Waals surface area contributed by atoms with E-state index < -0.39 is 0 Å². The zero-order chi connectivity index (χ0) is 28.1. The highest BCUT2D eigenvalue weighted by atomic mass is 15.1. The molecule has 0 unspecified atom stereocenters. The summed E-state index contributed by atoms with van der Waals surface area (Å²) in [5, 5.41) is 0. The van der Waals surface area contributed by atoms with Gasteiger partial charge in [-0.2, -0.15) is 0 Å². The Balaban J connectivity index is 1.37. The Bertz CT molecular complexity index is 1710. The molecule has 0 amide bonds. The topological polar surface area (TPSA) is 90.2 Å². The van der Waals surface area contributed by atoms with Crippen LogP contribution in [0.15, 0.2) is 140 Å². The molecule has 7 rings (SSSR count). The minimum atomic E-state index is 0.463. The third kappa shape index (κ3) is 5.26. The molecule has 0 aliphatic rings. The number of rotatable bonds is 6. The number of hydrogen-bond donors (Lipinski definition) is 0. The zero-order valence-corrected chi connectivity index (χ0v) is 22.4. The first kappa shape index (κ1) is 25.0. The predicted molar refractivity (Wildman–Crippen MR) is 164 cm³/mol. The third-order valence-electron chi connectivity index (χ3n) is 6.61. The number of benzene rings is 4. The molecule has 7 nitrogen and oxygen atoms in total. The predicted octanol–water partition coefficient (Wildman–Crippen LogP) is 7.45. The Labute approximate surface area is 242 Å². The van der Waals surface area contributed by atoms with Crippen LogP contribution in [0.4, 0.5) is 0 Å². The maximum atomic E-state index is 4.95. The molecule has 0 N–H and O–H groups in total. The van der Waals surface area contributed by atoms with Crippen LogP contribution in [-0.2, 0) is 0 Å². The summed E-state index contributed by atoms with van der Waals surface area (Å²) in [6.45, 7) is 0. The van der Waals surface area contributed by atoms with Crippen molar-refractivity contribution in [2.75, 3.05) is 0 Å². The Morgan fingerprint density at radius 3 is 0.762 bits per heavy atom. The van der Waals surface area contributed by atoms with Gasteiger partial charge in [-0.1, -0.05) is 127 Å². The van der Waals surface area contributed by atoms with Crippen LogP contribution in [0.25, 0.3) is 68.6 Å². The molecule has 3 heterocycles. The van der Waals surface area contributed by atoms with Gasteiger partial charge in [0.25, 0.3) is 0 Å². The fourth-order valence-electron chi connectivity index (χ4n) is 4.53. The lowest BCUT2D eigenvalue weighted by atomic mass is 10.1. The van der Waals surface area contributed by atoms with E-state index in [1.54, 1.807) is 0 Å². The maximum absolute atomic E-state index is 4.95.